The van der Waals surface area contributed by atoms with E-state index in [9.17, 15) is 0 Å². The summed E-state index contributed by atoms with van der Waals surface area (Å²) in [5.74, 6) is 0. The van der Waals surface area contributed by atoms with E-state index in [0.717, 1.165) is 0 Å². The molecule has 0 radical (unpaired) electrons. The molecule has 5 aliphatic rings. The molecule has 0 aromatic heterocycles. The van der Waals surface area contributed by atoms with Gasteiger partial charge in [-0.2, -0.15) is 0 Å². The second-order valence-electron chi connectivity index (χ2n) is 22.2. The summed E-state index contributed by atoms with van der Waals surface area (Å²) < 4.78 is 0. The molecule has 0 amide bonds. The summed E-state index contributed by atoms with van der Waals surface area (Å²) in [5.41, 5.74) is 28.7. The highest BCUT2D eigenvalue weighted by Gasteiger charge is 2.48. The Morgan fingerprint density at radius 1 is 0.246 bits per heavy atom. The molecule has 0 atom stereocenters. The first kappa shape index (κ1) is 38.8. The summed E-state index contributed by atoms with van der Waals surface area (Å²) in [6.07, 6.45) is 0. The largest absolute Gasteiger partial charge is 0.309 e. The summed E-state index contributed by atoms with van der Waals surface area (Å²) in [6.45, 7) is 24.2. The first-order valence-electron chi connectivity index (χ1n) is 23.7. The fourth-order valence-electron chi connectivity index (χ4n) is 13.2. The molecule has 4 aliphatic heterocycles. The first-order valence-corrected chi connectivity index (χ1v) is 23.7. The van der Waals surface area contributed by atoms with E-state index >= 15 is 0 Å². The van der Waals surface area contributed by atoms with Crippen molar-refractivity contribution in [2.75, 3.05) is 9.80 Å². The van der Waals surface area contributed by atoms with Crippen molar-refractivity contribution in [2.24, 2.45) is 0 Å². The summed E-state index contributed by atoms with van der Waals surface area (Å²) >= 11 is 0. The number of fused-ring (bicyclic) bond motifs is 11. The van der Waals surface area contributed by atoms with E-state index in [0.29, 0.717) is 0 Å². The van der Waals surface area contributed by atoms with Crippen LogP contribution in [0.4, 0.5) is 34.1 Å². The van der Waals surface area contributed by atoms with Crippen LogP contribution in [0.15, 0.2) is 158 Å². The lowest BCUT2D eigenvalue weighted by atomic mass is 9.65. The van der Waals surface area contributed by atoms with Crippen LogP contribution in [-0.4, -0.2) is 0 Å². The Balaban J connectivity index is 0.946. The van der Waals surface area contributed by atoms with Gasteiger partial charge in [-0.3, -0.25) is 0 Å². The number of hydrogen-bond donors (Lipinski definition) is 0. The van der Waals surface area contributed by atoms with Crippen LogP contribution in [0.25, 0.3) is 33.4 Å². The molecule has 0 spiro atoms. The van der Waals surface area contributed by atoms with E-state index < -0.39 is 0 Å². The lowest BCUT2D eigenvalue weighted by Gasteiger charge is -2.49. The predicted molar refractivity (Wildman–Crippen MR) is 273 cm³/mol. The Morgan fingerprint density at radius 3 is 0.785 bits per heavy atom. The summed E-state index contributed by atoms with van der Waals surface area (Å²) in [6, 6.07) is 60.9. The van der Waals surface area contributed by atoms with Crippen molar-refractivity contribution in [1.82, 2.24) is 0 Å². The highest BCUT2D eigenvalue weighted by atomic mass is 15.2. The van der Waals surface area contributed by atoms with Gasteiger partial charge in [-0.15, -0.1) is 0 Å². The number of benzene rings is 8. The Morgan fingerprint density at radius 2 is 0.492 bits per heavy atom. The molecule has 65 heavy (non-hydrogen) atoms. The van der Waals surface area contributed by atoms with Crippen LogP contribution in [0.5, 0.6) is 0 Å². The predicted octanol–water partition coefficient (Wildman–Crippen LogP) is 16.8. The van der Waals surface area contributed by atoms with Crippen molar-refractivity contribution in [3.05, 3.63) is 213 Å². The summed E-state index contributed by atoms with van der Waals surface area (Å²) in [4.78, 5) is 5.12. The minimum Gasteiger partial charge on any atom is -0.309 e. The highest BCUT2D eigenvalue weighted by molar-refractivity contribution is 5.97. The van der Waals surface area contributed by atoms with Gasteiger partial charge in [0, 0.05) is 27.1 Å². The third kappa shape index (κ3) is 4.80. The third-order valence-electron chi connectivity index (χ3n) is 17.0. The molecular weight excluding hydrogens is 785 g/mol. The molecule has 0 saturated heterocycles. The second kappa shape index (κ2) is 12.4. The molecule has 8 aromatic carbocycles. The van der Waals surface area contributed by atoms with Crippen LogP contribution in [0.2, 0.25) is 0 Å². The van der Waals surface area contributed by atoms with E-state index in [1.54, 1.807) is 0 Å². The van der Waals surface area contributed by atoms with Crippen LogP contribution in [-0.2, 0) is 27.1 Å². The van der Waals surface area contributed by atoms with Crippen molar-refractivity contribution < 1.29 is 0 Å². The fourth-order valence-corrected chi connectivity index (χ4v) is 13.2. The maximum Gasteiger partial charge on any atom is 0.0544 e. The Kier molecular flexibility index (Phi) is 7.38. The van der Waals surface area contributed by atoms with Crippen LogP contribution in [0, 0.1) is 0 Å². The Labute approximate surface area is 385 Å². The molecule has 13 rings (SSSR count). The standard InChI is InChI=1S/C63H56N2/c1-59(2)43-19-11-15-23-53(43)64-54-24-16-12-20-44(54)60(3,4)50-34-39(33-49(59)57(50)64)37-27-29-41-42-30-28-38(32-48(42)63(9,10)47(41)31-37)40-35-51-58-52(36-40)62(7,8)46-22-14-18-26-56(46)65(58)55-25-17-13-21-45(55)61(51,5)6/h11-36H,1-10H3. The van der Waals surface area contributed by atoms with E-state index in [-0.39, 0.29) is 27.1 Å². The minimum absolute atomic E-state index is 0.178. The zero-order chi connectivity index (χ0) is 44.7. The van der Waals surface area contributed by atoms with Crippen molar-refractivity contribution in [3.63, 3.8) is 0 Å². The van der Waals surface area contributed by atoms with Gasteiger partial charge in [0.25, 0.3) is 0 Å². The van der Waals surface area contributed by atoms with Gasteiger partial charge < -0.3 is 9.80 Å². The maximum atomic E-state index is 2.56. The quantitative estimate of drug-likeness (QED) is 0.171. The highest BCUT2D eigenvalue weighted by Crippen LogP contribution is 2.63. The van der Waals surface area contributed by atoms with E-state index in [2.05, 4.69) is 237 Å². The van der Waals surface area contributed by atoms with Gasteiger partial charge in [-0.05, 0) is 150 Å². The number of rotatable bonds is 2. The Bertz CT molecular complexity index is 3040. The van der Waals surface area contributed by atoms with Crippen molar-refractivity contribution in [1.29, 1.82) is 0 Å². The number of hydrogen-bond acceptors (Lipinski definition) is 2. The van der Waals surface area contributed by atoms with Crippen molar-refractivity contribution in [3.8, 4) is 33.4 Å². The zero-order valence-electron chi connectivity index (χ0n) is 39.4. The monoisotopic (exact) mass is 840 g/mol. The van der Waals surface area contributed by atoms with Gasteiger partial charge in [0.15, 0.2) is 0 Å². The number of anilines is 6. The summed E-state index contributed by atoms with van der Waals surface area (Å²) in [7, 11) is 0. The molecule has 0 saturated carbocycles. The smallest absolute Gasteiger partial charge is 0.0544 e. The van der Waals surface area contributed by atoms with Gasteiger partial charge in [-0.25, -0.2) is 0 Å². The molecule has 0 N–H and O–H groups in total. The molecule has 8 aromatic rings. The lowest BCUT2D eigenvalue weighted by Crippen LogP contribution is -2.38. The van der Waals surface area contributed by atoms with Crippen LogP contribution in [0.3, 0.4) is 0 Å². The maximum absolute atomic E-state index is 2.56. The first-order chi connectivity index (χ1) is 31.0. The lowest BCUT2D eigenvalue weighted by molar-refractivity contribution is 0.597. The molecule has 0 bridgehead atoms. The average molecular weight is 841 g/mol. The zero-order valence-corrected chi connectivity index (χ0v) is 39.4. The van der Waals surface area contributed by atoms with Crippen molar-refractivity contribution >= 4 is 34.1 Å². The molecule has 0 fully saturated rings. The van der Waals surface area contributed by atoms with Gasteiger partial charge in [0.05, 0.1) is 34.1 Å². The van der Waals surface area contributed by atoms with E-state index in [1.165, 1.54) is 123 Å². The van der Waals surface area contributed by atoms with Crippen LogP contribution in [0.1, 0.15) is 125 Å². The van der Waals surface area contributed by atoms with Gasteiger partial charge in [-0.1, -0.05) is 166 Å². The van der Waals surface area contributed by atoms with Gasteiger partial charge in [0.2, 0.25) is 0 Å². The molecule has 318 valence electrons. The topological polar surface area (TPSA) is 6.48 Å². The molecular formula is C63H56N2. The molecule has 0 unspecified atom stereocenters. The SMILES string of the molecule is CC1(C)c2cc(-c3cc4c5c(c3)C(C)(C)c3ccccc3N5c3ccccc3C4(C)C)ccc2-c2ccc(-c3cc4c5c(c3)C(C)(C)c3ccccc3N5c3ccccc3C4(C)C)cc21. The molecule has 2 heteroatoms. The molecule has 4 heterocycles. The second-order valence-corrected chi connectivity index (χ2v) is 22.2. The van der Waals surface area contributed by atoms with E-state index in [1.807, 2.05) is 0 Å². The average Bonchev–Trinajstić information content (AvgIpc) is 3.53. The van der Waals surface area contributed by atoms with E-state index in [4.69, 9.17) is 0 Å². The van der Waals surface area contributed by atoms with Gasteiger partial charge >= 0.3 is 0 Å². The van der Waals surface area contributed by atoms with Crippen LogP contribution >= 0.6 is 0 Å². The molecule has 1 aliphatic carbocycles. The molecule has 2 nitrogen and oxygen atoms in total. The van der Waals surface area contributed by atoms with Crippen molar-refractivity contribution in [2.45, 2.75) is 96.3 Å². The third-order valence-corrected chi connectivity index (χ3v) is 17.0. The summed E-state index contributed by atoms with van der Waals surface area (Å²) in [5, 5.41) is 0. The number of nitrogens with zero attached hydrogens (tertiary/aromatic N) is 2. The Hall–Kier alpha value is -6.64. The fraction of sp³-hybridized carbons (Fsp3) is 0.238. The minimum atomic E-state index is -0.192. The van der Waals surface area contributed by atoms with Gasteiger partial charge in [0.1, 0.15) is 0 Å². The normalized spacial score (nSPS) is 18.2. The van der Waals surface area contributed by atoms with Crippen LogP contribution < -0.4 is 9.80 Å². The number of para-hydroxylation sites is 4.